The average Bonchev–Trinajstić information content (AvgIpc) is 2.88. The lowest BCUT2D eigenvalue weighted by molar-refractivity contribution is -0.139. The second-order valence-electron chi connectivity index (χ2n) is 9.63. The van der Waals surface area contributed by atoms with Gasteiger partial charge in [0.25, 0.3) is 10.0 Å². The number of rotatable bonds is 11. The monoisotopic (exact) mass is 599 g/mol. The molecule has 0 radical (unpaired) electrons. The number of halogens is 1. The normalized spacial score (nSPS) is 12.2. The Morgan fingerprint density at radius 1 is 0.921 bits per heavy atom. The van der Waals surface area contributed by atoms with Crippen LogP contribution in [0.15, 0.2) is 88.2 Å². The van der Waals surface area contributed by atoms with Gasteiger partial charge in [0.15, 0.2) is 0 Å². The van der Waals surface area contributed by atoms with Gasteiger partial charge in [0.1, 0.15) is 12.6 Å². The summed E-state index contributed by atoms with van der Waals surface area (Å²) in [5.74, 6) is -0.534. The van der Waals surface area contributed by atoms with E-state index in [9.17, 15) is 18.0 Å². The van der Waals surface area contributed by atoms with E-state index in [4.69, 9.17) is 0 Å². The lowest BCUT2D eigenvalue weighted by atomic mass is 10.1. The molecule has 38 heavy (non-hydrogen) atoms. The van der Waals surface area contributed by atoms with E-state index in [0.717, 1.165) is 15.4 Å². The van der Waals surface area contributed by atoms with Crippen LogP contribution in [0.25, 0.3) is 0 Å². The van der Waals surface area contributed by atoms with E-state index < -0.39 is 28.5 Å². The van der Waals surface area contributed by atoms with Gasteiger partial charge in [-0.25, -0.2) is 8.42 Å². The molecule has 0 spiro atoms. The Morgan fingerprint density at radius 2 is 1.61 bits per heavy atom. The first-order valence-corrected chi connectivity index (χ1v) is 14.7. The van der Waals surface area contributed by atoms with Crippen LogP contribution in [-0.4, -0.2) is 44.3 Å². The van der Waals surface area contributed by atoms with Gasteiger partial charge in [0, 0.05) is 17.6 Å². The first-order valence-electron chi connectivity index (χ1n) is 12.4. The minimum absolute atomic E-state index is 0.0701. The lowest BCUT2D eigenvalue weighted by Crippen LogP contribution is -2.51. The van der Waals surface area contributed by atoms with E-state index in [1.807, 2.05) is 45.0 Å². The topological polar surface area (TPSA) is 86.8 Å². The third kappa shape index (κ3) is 7.68. The van der Waals surface area contributed by atoms with Crippen LogP contribution < -0.4 is 9.62 Å². The van der Waals surface area contributed by atoms with Gasteiger partial charge < -0.3 is 10.2 Å². The van der Waals surface area contributed by atoms with Gasteiger partial charge >= 0.3 is 0 Å². The number of hydrogen-bond donors (Lipinski definition) is 1. The van der Waals surface area contributed by atoms with Crippen molar-refractivity contribution in [2.45, 2.75) is 45.2 Å². The van der Waals surface area contributed by atoms with E-state index in [1.54, 1.807) is 49.4 Å². The van der Waals surface area contributed by atoms with Gasteiger partial charge in [-0.3, -0.25) is 13.9 Å². The summed E-state index contributed by atoms with van der Waals surface area (Å²) in [6, 6.07) is 21.7. The Balaban J connectivity index is 2.00. The average molecular weight is 601 g/mol. The molecule has 2 amide bonds. The zero-order valence-corrected chi connectivity index (χ0v) is 24.5. The minimum Gasteiger partial charge on any atom is -0.354 e. The number of aryl methyl sites for hydroxylation is 1. The highest BCUT2D eigenvalue weighted by Crippen LogP contribution is 2.27. The standard InChI is InChI=1S/C29H34BrN3O4S/c1-21(2)18-31-29(35)23(4)32(19-24-11-8-10-22(3)16-24)28(34)20-33(26-13-9-12-25(30)17-26)38(36,37)27-14-6-5-7-15-27/h5-17,21,23H,18-20H2,1-4H3,(H,31,35). The molecule has 1 unspecified atom stereocenters. The zero-order chi connectivity index (χ0) is 27.9. The molecule has 3 rings (SSSR count). The van der Waals surface area contributed by atoms with Crippen LogP contribution in [0.4, 0.5) is 5.69 Å². The number of amides is 2. The van der Waals surface area contributed by atoms with Crippen LogP contribution in [0, 0.1) is 12.8 Å². The molecule has 3 aromatic rings. The number of benzene rings is 3. The number of anilines is 1. The summed E-state index contributed by atoms with van der Waals surface area (Å²) >= 11 is 3.40. The summed E-state index contributed by atoms with van der Waals surface area (Å²) in [6.07, 6.45) is 0. The fourth-order valence-electron chi connectivity index (χ4n) is 3.92. The molecule has 0 aliphatic rings. The summed E-state index contributed by atoms with van der Waals surface area (Å²) in [6.45, 7) is 7.77. The van der Waals surface area contributed by atoms with E-state index in [-0.39, 0.29) is 23.3 Å². The fourth-order valence-corrected chi connectivity index (χ4v) is 5.74. The molecule has 0 fully saturated rings. The maximum Gasteiger partial charge on any atom is 0.264 e. The highest BCUT2D eigenvalue weighted by Gasteiger charge is 2.32. The summed E-state index contributed by atoms with van der Waals surface area (Å²) in [4.78, 5) is 28.4. The van der Waals surface area contributed by atoms with Crippen molar-refractivity contribution in [3.05, 3.63) is 94.5 Å². The smallest absolute Gasteiger partial charge is 0.264 e. The second-order valence-corrected chi connectivity index (χ2v) is 12.4. The molecule has 0 aliphatic carbocycles. The molecule has 202 valence electrons. The number of nitrogens with zero attached hydrogens (tertiary/aromatic N) is 2. The van der Waals surface area contributed by atoms with Gasteiger partial charge in [0.05, 0.1) is 10.6 Å². The van der Waals surface area contributed by atoms with Crippen molar-refractivity contribution in [1.82, 2.24) is 10.2 Å². The molecule has 0 heterocycles. The Hall–Kier alpha value is -3.17. The molecule has 3 aromatic carbocycles. The van der Waals surface area contributed by atoms with E-state index in [0.29, 0.717) is 16.7 Å². The van der Waals surface area contributed by atoms with Crippen molar-refractivity contribution < 1.29 is 18.0 Å². The van der Waals surface area contributed by atoms with Crippen molar-refractivity contribution in [2.24, 2.45) is 5.92 Å². The predicted octanol–water partition coefficient (Wildman–Crippen LogP) is 5.14. The van der Waals surface area contributed by atoms with Crippen molar-refractivity contribution >= 4 is 43.5 Å². The van der Waals surface area contributed by atoms with E-state index in [1.165, 1.54) is 17.0 Å². The molecule has 0 saturated carbocycles. The number of nitrogens with one attached hydrogen (secondary N) is 1. The predicted molar refractivity (Wildman–Crippen MR) is 154 cm³/mol. The molecule has 1 atom stereocenters. The maximum atomic E-state index is 13.9. The third-order valence-corrected chi connectivity index (χ3v) is 8.27. The number of carbonyl (C=O) groups is 2. The van der Waals surface area contributed by atoms with Crippen LogP contribution in [0.2, 0.25) is 0 Å². The Labute approximate surface area is 234 Å². The largest absolute Gasteiger partial charge is 0.354 e. The second kappa shape index (κ2) is 13.1. The maximum absolute atomic E-state index is 13.9. The van der Waals surface area contributed by atoms with Crippen LogP contribution in [0.3, 0.4) is 0 Å². The first-order chi connectivity index (χ1) is 18.0. The SMILES string of the molecule is Cc1cccc(CN(C(=O)CN(c2cccc(Br)c2)S(=O)(=O)c2ccccc2)C(C)C(=O)NCC(C)C)c1. The van der Waals surface area contributed by atoms with Gasteiger partial charge in [-0.1, -0.05) is 83.9 Å². The quantitative estimate of drug-likeness (QED) is 0.330. The Bertz CT molecular complexity index is 1360. The summed E-state index contributed by atoms with van der Waals surface area (Å²) in [7, 11) is -4.08. The molecule has 7 nitrogen and oxygen atoms in total. The van der Waals surface area contributed by atoms with Crippen molar-refractivity contribution in [3.8, 4) is 0 Å². The zero-order valence-electron chi connectivity index (χ0n) is 22.1. The molecule has 0 bridgehead atoms. The molecule has 1 N–H and O–H groups in total. The van der Waals surface area contributed by atoms with Crippen molar-refractivity contribution in [1.29, 1.82) is 0 Å². The van der Waals surface area contributed by atoms with Crippen LogP contribution >= 0.6 is 15.9 Å². The summed E-state index contributed by atoms with van der Waals surface area (Å²) < 4.78 is 29.3. The molecular formula is C29H34BrN3O4S. The number of hydrogen-bond acceptors (Lipinski definition) is 4. The molecule has 0 aromatic heterocycles. The van der Waals surface area contributed by atoms with Crippen LogP contribution in [0.5, 0.6) is 0 Å². The van der Waals surface area contributed by atoms with Gasteiger partial charge in [0.2, 0.25) is 11.8 Å². The molecule has 9 heteroatoms. The Kier molecular flexibility index (Phi) is 10.1. The number of sulfonamides is 1. The van der Waals surface area contributed by atoms with Crippen molar-refractivity contribution in [2.75, 3.05) is 17.4 Å². The highest BCUT2D eigenvalue weighted by molar-refractivity contribution is 9.10. The summed E-state index contributed by atoms with van der Waals surface area (Å²) in [5, 5.41) is 2.89. The lowest BCUT2D eigenvalue weighted by Gasteiger charge is -2.32. The van der Waals surface area contributed by atoms with Gasteiger partial charge in [-0.2, -0.15) is 0 Å². The molecule has 0 aliphatic heterocycles. The third-order valence-electron chi connectivity index (χ3n) is 5.99. The van der Waals surface area contributed by atoms with Crippen LogP contribution in [0.1, 0.15) is 31.9 Å². The van der Waals surface area contributed by atoms with Crippen molar-refractivity contribution in [3.63, 3.8) is 0 Å². The molecular weight excluding hydrogens is 566 g/mol. The minimum atomic E-state index is -4.08. The van der Waals surface area contributed by atoms with E-state index >= 15 is 0 Å². The van der Waals surface area contributed by atoms with Crippen LogP contribution in [-0.2, 0) is 26.2 Å². The summed E-state index contributed by atoms with van der Waals surface area (Å²) in [5.41, 5.74) is 2.21. The molecule has 0 saturated heterocycles. The fraction of sp³-hybridized carbons (Fsp3) is 0.310. The Morgan fingerprint density at radius 3 is 2.24 bits per heavy atom. The van der Waals surface area contributed by atoms with Gasteiger partial charge in [-0.05, 0) is 55.7 Å². The number of carbonyl (C=O) groups excluding carboxylic acids is 2. The first kappa shape index (κ1) is 29.4. The highest BCUT2D eigenvalue weighted by atomic mass is 79.9. The van der Waals surface area contributed by atoms with Gasteiger partial charge in [-0.15, -0.1) is 0 Å². The van der Waals surface area contributed by atoms with E-state index in [2.05, 4.69) is 21.2 Å².